The monoisotopic (exact) mass is 346 g/mol. The van der Waals surface area contributed by atoms with Gasteiger partial charge in [-0.3, -0.25) is 0 Å². The van der Waals surface area contributed by atoms with Crippen LogP contribution in [-0.2, 0) is 0 Å². The molecule has 0 aliphatic heterocycles. The average molecular weight is 347 g/mol. The Hall–Kier alpha value is -1.40. The molecule has 0 atom stereocenters. The molecule has 1 aromatic carbocycles. The molecule has 0 amide bonds. The zero-order valence-corrected chi connectivity index (χ0v) is 12.9. The van der Waals surface area contributed by atoms with Gasteiger partial charge in [-0.05, 0) is 52.7 Å². The second-order valence-corrected chi connectivity index (χ2v) is 6.64. The molecule has 1 aliphatic carbocycles. The molecule has 1 saturated carbocycles. The second-order valence-electron chi connectivity index (χ2n) is 4.82. The van der Waals surface area contributed by atoms with Gasteiger partial charge in [0.15, 0.2) is 5.16 Å². The largest absolute Gasteiger partial charge is 0.333 e. The van der Waals surface area contributed by atoms with Gasteiger partial charge >= 0.3 is 0 Å². The van der Waals surface area contributed by atoms with Gasteiger partial charge < -0.3 is 4.98 Å². The Labute approximate surface area is 128 Å². The van der Waals surface area contributed by atoms with Crippen molar-refractivity contribution >= 4 is 38.7 Å². The van der Waals surface area contributed by atoms with Gasteiger partial charge in [0.1, 0.15) is 15.5 Å². The molecule has 0 spiro atoms. The first-order valence-corrected chi connectivity index (χ1v) is 8.06. The number of nitrogens with zero attached hydrogens (tertiary/aromatic N) is 3. The van der Waals surface area contributed by atoms with Crippen molar-refractivity contribution in [3.63, 3.8) is 0 Å². The third kappa shape index (κ3) is 2.45. The number of aromatic amines is 1. The Kier molecular flexibility index (Phi) is 3.00. The number of nitrogens with one attached hydrogen (secondary N) is 1. The van der Waals surface area contributed by atoms with E-state index in [1.165, 1.54) is 24.6 Å². The zero-order chi connectivity index (χ0) is 13.5. The van der Waals surface area contributed by atoms with Crippen LogP contribution in [0.15, 0.2) is 45.1 Å². The lowest BCUT2D eigenvalue weighted by Gasteiger charge is -2.02. The smallest absolute Gasteiger partial charge is 0.172 e. The fourth-order valence-corrected chi connectivity index (χ4v) is 3.43. The van der Waals surface area contributed by atoms with Gasteiger partial charge in [-0.15, -0.1) is 0 Å². The van der Waals surface area contributed by atoms with Crippen molar-refractivity contribution in [2.45, 2.75) is 28.9 Å². The predicted molar refractivity (Wildman–Crippen MR) is 81.9 cm³/mol. The van der Waals surface area contributed by atoms with E-state index in [-0.39, 0.29) is 0 Å². The highest BCUT2D eigenvalue weighted by molar-refractivity contribution is 9.10. The number of hydrogen-bond donors (Lipinski definition) is 1. The average Bonchev–Trinajstić information content (AvgIpc) is 3.19. The number of halogens is 1. The Morgan fingerprint density at radius 2 is 2.00 bits per heavy atom. The summed E-state index contributed by atoms with van der Waals surface area (Å²) < 4.78 is 0.841. The van der Waals surface area contributed by atoms with Gasteiger partial charge in [0.05, 0.1) is 11.0 Å². The number of para-hydroxylation sites is 2. The third-order valence-corrected chi connectivity index (χ3v) is 4.41. The molecule has 4 rings (SSSR count). The molecule has 1 aliphatic rings. The molecule has 4 nitrogen and oxygen atoms in total. The fourth-order valence-electron chi connectivity index (χ4n) is 2.07. The molecule has 0 saturated heterocycles. The summed E-state index contributed by atoms with van der Waals surface area (Å²) in [6.07, 6.45) is 2.40. The number of fused-ring (bicyclic) bond motifs is 1. The van der Waals surface area contributed by atoms with Crippen molar-refractivity contribution < 1.29 is 0 Å². The predicted octanol–water partition coefficient (Wildman–Crippen LogP) is 4.14. The number of imidazole rings is 1. The van der Waals surface area contributed by atoms with Crippen LogP contribution in [0.4, 0.5) is 0 Å². The van der Waals surface area contributed by atoms with E-state index in [2.05, 4.69) is 35.9 Å². The number of hydrogen-bond acceptors (Lipinski definition) is 4. The highest BCUT2D eigenvalue weighted by Crippen LogP contribution is 2.39. The summed E-state index contributed by atoms with van der Waals surface area (Å²) in [5.74, 6) is 1.49. The van der Waals surface area contributed by atoms with Crippen LogP contribution in [0.25, 0.3) is 11.0 Å². The van der Waals surface area contributed by atoms with Crippen LogP contribution in [0, 0.1) is 0 Å². The summed E-state index contributed by atoms with van der Waals surface area (Å²) >= 11 is 5.00. The molecule has 1 fully saturated rings. The summed E-state index contributed by atoms with van der Waals surface area (Å²) in [4.78, 5) is 16.9. The summed E-state index contributed by atoms with van der Waals surface area (Å²) in [5, 5.41) is 1.78. The van der Waals surface area contributed by atoms with E-state index in [0.29, 0.717) is 5.92 Å². The maximum absolute atomic E-state index is 4.62. The minimum absolute atomic E-state index is 0.544. The lowest BCUT2D eigenvalue weighted by molar-refractivity contribution is 0.864. The SMILES string of the molecule is Brc1cc(Sc2nc3ccccc3[nH]2)nc(C2CC2)n1. The lowest BCUT2D eigenvalue weighted by atomic mass is 10.3. The first-order chi connectivity index (χ1) is 9.78. The van der Waals surface area contributed by atoms with E-state index in [4.69, 9.17) is 0 Å². The number of benzene rings is 1. The van der Waals surface area contributed by atoms with Gasteiger partial charge in [-0.2, -0.15) is 0 Å². The molecule has 2 aromatic heterocycles. The van der Waals surface area contributed by atoms with E-state index in [9.17, 15) is 0 Å². The van der Waals surface area contributed by atoms with E-state index in [0.717, 1.165) is 31.6 Å². The van der Waals surface area contributed by atoms with Crippen molar-refractivity contribution in [2.24, 2.45) is 0 Å². The van der Waals surface area contributed by atoms with Gasteiger partial charge in [-0.1, -0.05) is 12.1 Å². The first kappa shape index (κ1) is 12.3. The minimum atomic E-state index is 0.544. The standard InChI is InChI=1S/C14H11BrN4S/c15-11-7-12(19-13(18-11)8-5-6-8)20-14-16-9-3-1-2-4-10(9)17-14/h1-4,7-8H,5-6H2,(H,16,17). The number of H-pyrrole nitrogens is 1. The van der Waals surface area contributed by atoms with Crippen molar-refractivity contribution in [1.82, 2.24) is 19.9 Å². The van der Waals surface area contributed by atoms with Gasteiger partial charge in [-0.25, -0.2) is 15.0 Å². The summed E-state index contributed by atoms with van der Waals surface area (Å²) in [6, 6.07) is 9.95. The molecule has 2 heterocycles. The molecule has 1 N–H and O–H groups in total. The van der Waals surface area contributed by atoms with Gasteiger partial charge in [0.25, 0.3) is 0 Å². The molecular weight excluding hydrogens is 336 g/mol. The molecule has 100 valence electrons. The zero-order valence-electron chi connectivity index (χ0n) is 10.5. The lowest BCUT2D eigenvalue weighted by Crippen LogP contribution is -1.94. The summed E-state index contributed by atoms with van der Waals surface area (Å²) in [5.41, 5.74) is 2.02. The number of rotatable bonds is 3. The Balaban J connectivity index is 1.67. The van der Waals surface area contributed by atoms with Crippen LogP contribution in [0.1, 0.15) is 24.6 Å². The Bertz CT molecular complexity index is 749. The maximum Gasteiger partial charge on any atom is 0.172 e. The van der Waals surface area contributed by atoms with Gasteiger partial charge in [0, 0.05) is 12.0 Å². The minimum Gasteiger partial charge on any atom is -0.333 e. The van der Waals surface area contributed by atoms with E-state index >= 15 is 0 Å². The number of aromatic nitrogens is 4. The molecule has 3 aromatic rings. The Morgan fingerprint density at radius 1 is 1.15 bits per heavy atom. The molecule has 0 unspecified atom stereocenters. The highest BCUT2D eigenvalue weighted by atomic mass is 79.9. The van der Waals surface area contributed by atoms with Crippen LogP contribution < -0.4 is 0 Å². The van der Waals surface area contributed by atoms with E-state index in [1.54, 1.807) is 0 Å². The van der Waals surface area contributed by atoms with Gasteiger partial charge in [0.2, 0.25) is 0 Å². The first-order valence-electron chi connectivity index (χ1n) is 6.45. The molecule has 20 heavy (non-hydrogen) atoms. The quantitative estimate of drug-likeness (QED) is 0.724. The molecule has 0 bridgehead atoms. The third-order valence-electron chi connectivity index (χ3n) is 3.20. The second kappa shape index (κ2) is 4.86. The van der Waals surface area contributed by atoms with Crippen LogP contribution >= 0.6 is 27.7 Å². The van der Waals surface area contributed by atoms with Crippen molar-refractivity contribution in [3.8, 4) is 0 Å². The molecule has 0 radical (unpaired) electrons. The normalized spacial score (nSPS) is 14.8. The van der Waals surface area contributed by atoms with E-state index < -0.39 is 0 Å². The van der Waals surface area contributed by atoms with Crippen molar-refractivity contribution in [1.29, 1.82) is 0 Å². The van der Waals surface area contributed by atoms with Crippen LogP contribution in [0.2, 0.25) is 0 Å². The Morgan fingerprint density at radius 3 is 2.80 bits per heavy atom. The van der Waals surface area contributed by atoms with Crippen molar-refractivity contribution in [2.75, 3.05) is 0 Å². The molecule has 6 heteroatoms. The summed E-state index contributed by atoms with van der Waals surface area (Å²) in [7, 11) is 0. The van der Waals surface area contributed by atoms with Crippen LogP contribution in [0.5, 0.6) is 0 Å². The maximum atomic E-state index is 4.62. The topological polar surface area (TPSA) is 54.5 Å². The highest BCUT2D eigenvalue weighted by Gasteiger charge is 2.27. The van der Waals surface area contributed by atoms with Crippen molar-refractivity contribution in [3.05, 3.63) is 40.8 Å². The van der Waals surface area contributed by atoms with Crippen LogP contribution in [-0.4, -0.2) is 19.9 Å². The van der Waals surface area contributed by atoms with Crippen LogP contribution in [0.3, 0.4) is 0 Å². The van der Waals surface area contributed by atoms with E-state index in [1.807, 2.05) is 30.3 Å². The fraction of sp³-hybridized carbons (Fsp3) is 0.214. The summed E-state index contributed by atoms with van der Waals surface area (Å²) in [6.45, 7) is 0. The molecular formula is C14H11BrN4S.